The van der Waals surface area contributed by atoms with Crippen LogP contribution in [0, 0.1) is 11.8 Å². The lowest BCUT2D eigenvalue weighted by Crippen LogP contribution is -2.54. The number of allylic oxidation sites excluding steroid dienone is 1. The predicted molar refractivity (Wildman–Crippen MR) is 126 cm³/mol. The molecule has 0 spiro atoms. The predicted octanol–water partition coefficient (Wildman–Crippen LogP) is 4.38. The van der Waals surface area contributed by atoms with Gasteiger partial charge in [-0.05, 0) is 44.6 Å². The molecule has 1 saturated carbocycles. The second-order valence-electron chi connectivity index (χ2n) is 9.47. The van der Waals surface area contributed by atoms with Crippen molar-refractivity contribution in [2.75, 3.05) is 13.2 Å². The molecular formula is C24H37Cl2F2NO4. The molecule has 0 aromatic heterocycles. The number of nitrogens with one attached hydrogen (secondary N) is 1. The first-order chi connectivity index (χ1) is 15.8. The van der Waals surface area contributed by atoms with Gasteiger partial charge in [-0.15, -0.1) is 23.2 Å². The van der Waals surface area contributed by atoms with E-state index in [0.717, 1.165) is 25.7 Å². The summed E-state index contributed by atoms with van der Waals surface area (Å²) in [4.78, 5) is 0. The molecule has 0 bridgehead atoms. The second-order valence-corrected chi connectivity index (χ2v) is 10.6. The minimum absolute atomic E-state index is 0.0293. The monoisotopic (exact) mass is 511 g/mol. The zero-order valence-corrected chi connectivity index (χ0v) is 20.6. The maximum Gasteiger partial charge on any atom is 0.158 e. The number of aliphatic hydroxyl groups is 2. The molecule has 10 unspecified atom stereocenters. The lowest BCUT2D eigenvalue weighted by Gasteiger charge is -2.37. The van der Waals surface area contributed by atoms with Crippen LogP contribution in [0.2, 0.25) is 0 Å². The van der Waals surface area contributed by atoms with Gasteiger partial charge in [0.15, 0.2) is 6.29 Å². The van der Waals surface area contributed by atoms with E-state index in [1.165, 1.54) is 6.08 Å². The van der Waals surface area contributed by atoms with E-state index in [1.54, 1.807) is 13.0 Å². The van der Waals surface area contributed by atoms with Gasteiger partial charge in [-0.1, -0.05) is 24.1 Å². The third kappa shape index (κ3) is 8.13. The van der Waals surface area contributed by atoms with Gasteiger partial charge in [0.1, 0.15) is 18.6 Å². The average Bonchev–Trinajstić information content (AvgIpc) is 2.76. The van der Waals surface area contributed by atoms with Crippen LogP contribution in [-0.4, -0.2) is 71.2 Å². The van der Waals surface area contributed by atoms with E-state index in [4.69, 9.17) is 32.7 Å². The molecule has 3 aliphatic carbocycles. The third-order valence-corrected chi connectivity index (χ3v) is 7.70. The fourth-order valence-electron chi connectivity index (χ4n) is 5.03. The fourth-order valence-corrected chi connectivity index (χ4v) is 5.76. The summed E-state index contributed by atoms with van der Waals surface area (Å²) < 4.78 is 40.6. The van der Waals surface area contributed by atoms with Crippen molar-refractivity contribution < 1.29 is 28.5 Å². The van der Waals surface area contributed by atoms with E-state index in [0.29, 0.717) is 31.1 Å². The Kier molecular flexibility index (Phi) is 10.9. The quantitative estimate of drug-likeness (QED) is 0.230. The number of hydrogen-bond donors (Lipinski definition) is 3. The summed E-state index contributed by atoms with van der Waals surface area (Å²) >= 11 is 12.7. The summed E-state index contributed by atoms with van der Waals surface area (Å²) in [5, 5.41) is 23.0. The minimum atomic E-state index is -1.64. The van der Waals surface area contributed by atoms with Crippen LogP contribution < -0.4 is 5.32 Å². The molecule has 0 aliphatic heterocycles. The summed E-state index contributed by atoms with van der Waals surface area (Å²) in [5.74, 6) is -0.0210. The average molecular weight is 512 g/mol. The Morgan fingerprint density at radius 1 is 1.18 bits per heavy atom. The first-order valence-corrected chi connectivity index (χ1v) is 12.9. The van der Waals surface area contributed by atoms with Crippen LogP contribution in [-0.2, 0) is 9.47 Å². The number of ether oxygens (including phenoxy) is 2. The van der Waals surface area contributed by atoms with Crippen LogP contribution in [0.1, 0.15) is 51.9 Å². The van der Waals surface area contributed by atoms with Gasteiger partial charge < -0.3 is 19.7 Å². The summed E-state index contributed by atoms with van der Waals surface area (Å²) in [6.07, 6.45) is 4.01. The summed E-state index contributed by atoms with van der Waals surface area (Å²) in [7, 11) is 0. The van der Waals surface area contributed by atoms with Gasteiger partial charge in [-0.2, -0.15) is 0 Å². The van der Waals surface area contributed by atoms with E-state index < -0.39 is 42.2 Å². The lowest BCUT2D eigenvalue weighted by atomic mass is 9.87. The van der Waals surface area contributed by atoms with Crippen LogP contribution in [0.25, 0.3) is 0 Å². The van der Waals surface area contributed by atoms with Crippen molar-refractivity contribution in [3.63, 3.8) is 0 Å². The van der Waals surface area contributed by atoms with Crippen molar-refractivity contribution in [1.29, 1.82) is 0 Å². The molecule has 0 heterocycles. The normalized spacial score (nSPS) is 39.2. The highest BCUT2D eigenvalue weighted by Crippen LogP contribution is 2.33. The minimum Gasteiger partial charge on any atom is -0.378 e. The van der Waals surface area contributed by atoms with E-state index in [1.807, 2.05) is 6.08 Å². The molecule has 190 valence electrons. The molecule has 0 saturated heterocycles. The Hall–Kier alpha value is -0.280. The van der Waals surface area contributed by atoms with E-state index >= 15 is 0 Å². The zero-order chi connectivity index (χ0) is 24.0. The van der Waals surface area contributed by atoms with E-state index in [9.17, 15) is 19.0 Å². The maximum absolute atomic E-state index is 14.8. The molecule has 5 nitrogen and oxygen atoms in total. The third-order valence-electron chi connectivity index (χ3n) is 6.84. The van der Waals surface area contributed by atoms with Crippen molar-refractivity contribution in [2.45, 2.75) is 99.6 Å². The summed E-state index contributed by atoms with van der Waals surface area (Å²) in [6.45, 7) is 2.66. The van der Waals surface area contributed by atoms with Crippen LogP contribution in [0.3, 0.4) is 0 Å². The molecule has 0 radical (unpaired) electrons. The number of aliphatic hydroxyl groups excluding tert-OH is 2. The highest BCUT2D eigenvalue weighted by Gasteiger charge is 2.39. The molecule has 0 aromatic rings. The summed E-state index contributed by atoms with van der Waals surface area (Å²) in [6, 6.07) is -1.19. The van der Waals surface area contributed by atoms with Crippen molar-refractivity contribution in [2.24, 2.45) is 11.8 Å². The molecule has 1 fully saturated rings. The van der Waals surface area contributed by atoms with Crippen molar-refractivity contribution in [1.82, 2.24) is 5.32 Å². The van der Waals surface area contributed by atoms with Crippen LogP contribution >= 0.6 is 23.2 Å². The van der Waals surface area contributed by atoms with Gasteiger partial charge in [-0.25, -0.2) is 8.78 Å². The number of halogens is 4. The molecule has 3 aliphatic rings. The largest absolute Gasteiger partial charge is 0.378 e. The highest BCUT2D eigenvalue weighted by molar-refractivity contribution is 6.22. The summed E-state index contributed by atoms with van der Waals surface area (Å²) in [5.41, 5.74) is 0.467. The Morgan fingerprint density at radius 2 is 1.97 bits per heavy atom. The lowest BCUT2D eigenvalue weighted by molar-refractivity contribution is -0.0938. The number of hydrogen-bond acceptors (Lipinski definition) is 5. The molecular weight excluding hydrogens is 475 g/mol. The molecule has 0 aromatic carbocycles. The Balaban J connectivity index is 1.51. The van der Waals surface area contributed by atoms with Crippen LogP contribution in [0.15, 0.2) is 23.8 Å². The topological polar surface area (TPSA) is 71.0 Å². The Morgan fingerprint density at radius 3 is 2.67 bits per heavy atom. The van der Waals surface area contributed by atoms with Gasteiger partial charge in [0.05, 0.1) is 24.1 Å². The first-order valence-electron chi connectivity index (χ1n) is 12.1. The van der Waals surface area contributed by atoms with Gasteiger partial charge >= 0.3 is 0 Å². The standard InChI is InChI=1S/C24H37Cl2F2NO4/c1-2-32-22(30)11-15-9-20(27)23(21(28)10-15)29-24(31)18-12-17(6-7-19(18)26)33-13-14-4-3-5-16(25)8-14/h6-7,9,14,16-24,29-31H,2-5,8,10-13H2,1H3. The molecule has 0 amide bonds. The van der Waals surface area contributed by atoms with Crippen molar-refractivity contribution in [3.8, 4) is 0 Å². The SMILES string of the molecule is CCOC(O)CC1=CC(F)C(NC(O)C2CC(OCC3CCCC(Cl)C3)C=CC2Cl)C(F)C1. The fraction of sp³-hybridized carbons (Fsp3) is 0.833. The zero-order valence-electron chi connectivity index (χ0n) is 19.1. The molecule has 33 heavy (non-hydrogen) atoms. The molecule has 3 N–H and O–H groups in total. The van der Waals surface area contributed by atoms with Crippen molar-refractivity contribution >= 4 is 23.2 Å². The van der Waals surface area contributed by atoms with E-state index in [-0.39, 0.29) is 24.3 Å². The van der Waals surface area contributed by atoms with Crippen LogP contribution in [0.5, 0.6) is 0 Å². The first kappa shape index (κ1) is 27.3. The Labute approximate surface area is 205 Å². The van der Waals surface area contributed by atoms with Gasteiger partial charge in [0.25, 0.3) is 0 Å². The van der Waals surface area contributed by atoms with E-state index in [2.05, 4.69) is 5.32 Å². The highest BCUT2D eigenvalue weighted by atomic mass is 35.5. The van der Waals surface area contributed by atoms with Gasteiger partial charge in [-0.3, -0.25) is 5.32 Å². The second kappa shape index (κ2) is 13.1. The number of rotatable bonds is 10. The van der Waals surface area contributed by atoms with Gasteiger partial charge in [0, 0.05) is 30.7 Å². The number of alkyl halides is 4. The van der Waals surface area contributed by atoms with Crippen LogP contribution in [0.4, 0.5) is 8.78 Å². The molecule has 10 atom stereocenters. The van der Waals surface area contributed by atoms with Gasteiger partial charge in [0.2, 0.25) is 0 Å². The smallest absolute Gasteiger partial charge is 0.158 e. The maximum atomic E-state index is 14.8. The Bertz CT molecular complexity index is 670. The molecule has 3 rings (SSSR count). The molecule has 9 heteroatoms. The van der Waals surface area contributed by atoms with Crippen molar-refractivity contribution in [3.05, 3.63) is 23.8 Å².